The second kappa shape index (κ2) is 9.55. The molecule has 1 N–H and O–H groups in total. The van der Waals surface area contributed by atoms with Gasteiger partial charge in [-0.15, -0.1) is 0 Å². The smallest absolute Gasteiger partial charge is 0.275 e. The van der Waals surface area contributed by atoms with Gasteiger partial charge in [0.1, 0.15) is 12.7 Å². The zero-order valence-electron chi connectivity index (χ0n) is 19.9. The topological polar surface area (TPSA) is 67.9 Å². The fourth-order valence-electron chi connectivity index (χ4n) is 3.69. The largest absolute Gasteiger partial charge is 0.486 e. The Labute approximate surface area is 194 Å². The van der Waals surface area contributed by atoms with Gasteiger partial charge in [-0.2, -0.15) is 11.8 Å². The van der Waals surface area contributed by atoms with Crippen LogP contribution >= 0.6 is 11.8 Å². The molecule has 1 atom stereocenters. The fraction of sp³-hybridized carbons (Fsp3) is 0.440. The number of nitrogens with one attached hydrogen (secondary N) is 1. The van der Waals surface area contributed by atoms with Crippen molar-refractivity contribution in [1.82, 2.24) is 10.4 Å². The Balaban J connectivity index is 2.00. The molecule has 2 aromatic rings. The molecule has 2 aromatic carbocycles. The van der Waals surface area contributed by atoms with Gasteiger partial charge in [-0.25, -0.2) is 10.4 Å². The number of hydrogen-bond donors (Lipinski definition) is 1. The fourth-order valence-corrected chi connectivity index (χ4v) is 4.22. The van der Waals surface area contributed by atoms with Crippen molar-refractivity contribution in [1.29, 1.82) is 0 Å². The van der Waals surface area contributed by atoms with E-state index < -0.39 is 17.4 Å². The number of nitrogens with zero attached hydrogens (tertiary/aromatic N) is 1. The normalized spacial score (nSPS) is 15.4. The third-order valence-corrected chi connectivity index (χ3v) is 5.69. The number of benzene rings is 2. The number of hydrogen-bond acceptors (Lipinski definition) is 6. The summed E-state index contributed by atoms with van der Waals surface area (Å²) in [5.41, 5.74) is 6.03. The standard InChI is InChI=1S/C25H32N2O4S/c1-15-10-16(2)12-18(11-15)23(28)27(26-25(4,5)6)24(29)20-8-9-21-22(17(20)3)31-19(13-30-21)14-32-7/h8-12,19,26H,13-14H2,1-7H3. The van der Waals surface area contributed by atoms with Crippen LogP contribution in [0.15, 0.2) is 30.3 Å². The third kappa shape index (κ3) is 5.45. The molecular formula is C25H32N2O4S. The van der Waals surface area contributed by atoms with E-state index in [1.165, 1.54) is 0 Å². The van der Waals surface area contributed by atoms with Gasteiger partial charge in [0.25, 0.3) is 11.8 Å². The first-order chi connectivity index (χ1) is 15.0. The van der Waals surface area contributed by atoms with Crippen LogP contribution in [-0.2, 0) is 0 Å². The van der Waals surface area contributed by atoms with E-state index in [1.807, 2.05) is 53.9 Å². The lowest BCUT2D eigenvalue weighted by atomic mass is 10.0. The Kier molecular flexibility index (Phi) is 7.20. The van der Waals surface area contributed by atoms with Gasteiger partial charge in [0.2, 0.25) is 0 Å². The highest BCUT2D eigenvalue weighted by Crippen LogP contribution is 2.37. The summed E-state index contributed by atoms with van der Waals surface area (Å²) in [6, 6.07) is 9.02. The van der Waals surface area contributed by atoms with Crippen LogP contribution in [0.5, 0.6) is 11.5 Å². The molecule has 0 fully saturated rings. The summed E-state index contributed by atoms with van der Waals surface area (Å²) in [7, 11) is 0. The average molecular weight is 457 g/mol. The lowest BCUT2D eigenvalue weighted by Gasteiger charge is -2.32. The summed E-state index contributed by atoms with van der Waals surface area (Å²) < 4.78 is 12.0. The van der Waals surface area contributed by atoms with Crippen LogP contribution in [0.25, 0.3) is 0 Å². The molecule has 0 saturated carbocycles. The third-order valence-electron chi connectivity index (χ3n) is 4.98. The molecule has 0 radical (unpaired) electrons. The van der Waals surface area contributed by atoms with Crippen LogP contribution in [0.1, 0.15) is 58.2 Å². The van der Waals surface area contributed by atoms with E-state index in [2.05, 4.69) is 5.43 Å². The second-order valence-electron chi connectivity index (χ2n) is 9.26. The number of carbonyl (C=O) groups excluding carboxylic acids is 2. The van der Waals surface area contributed by atoms with Crippen LogP contribution in [0.3, 0.4) is 0 Å². The van der Waals surface area contributed by atoms with Crippen molar-refractivity contribution >= 4 is 23.6 Å². The first-order valence-electron chi connectivity index (χ1n) is 10.7. The Hall–Kier alpha value is -2.51. The molecule has 0 spiro atoms. The van der Waals surface area contributed by atoms with E-state index in [-0.39, 0.29) is 6.10 Å². The lowest BCUT2D eigenvalue weighted by Crippen LogP contribution is -2.55. The van der Waals surface area contributed by atoms with Gasteiger partial charge in [-0.1, -0.05) is 17.2 Å². The molecule has 0 bridgehead atoms. The van der Waals surface area contributed by atoms with Crippen molar-refractivity contribution in [2.75, 3.05) is 18.6 Å². The zero-order valence-corrected chi connectivity index (χ0v) is 20.7. The molecule has 2 amide bonds. The van der Waals surface area contributed by atoms with E-state index in [0.717, 1.165) is 21.9 Å². The Morgan fingerprint density at radius 1 is 1.09 bits per heavy atom. The van der Waals surface area contributed by atoms with Crippen LogP contribution in [0, 0.1) is 20.8 Å². The Morgan fingerprint density at radius 2 is 1.75 bits per heavy atom. The number of thioether (sulfide) groups is 1. The van der Waals surface area contributed by atoms with Crippen LogP contribution in [-0.4, -0.2) is 47.1 Å². The molecule has 1 heterocycles. The van der Waals surface area contributed by atoms with Gasteiger partial charge in [0.05, 0.1) is 0 Å². The molecule has 3 rings (SSSR count). The van der Waals surface area contributed by atoms with E-state index in [9.17, 15) is 9.59 Å². The molecule has 7 heteroatoms. The van der Waals surface area contributed by atoms with Gasteiger partial charge in [0, 0.05) is 28.0 Å². The number of ether oxygens (including phenoxy) is 2. The second-order valence-corrected chi connectivity index (χ2v) is 10.2. The first kappa shape index (κ1) is 24.1. The predicted octanol–water partition coefficient (Wildman–Crippen LogP) is 4.70. The van der Waals surface area contributed by atoms with E-state index in [0.29, 0.717) is 34.8 Å². The molecule has 0 saturated heterocycles. The minimum atomic E-state index is -0.505. The highest BCUT2D eigenvalue weighted by atomic mass is 32.2. The molecule has 1 aliphatic heterocycles. The first-order valence-corrected chi connectivity index (χ1v) is 12.1. The summed E-state index contributed by atoms with van der Waals surface area (Å²) in [4.78, 5) is 27.1. The number of amides is 2. The zero-order chi connectivity index (χ0) is 23.6. The van der Waals surface area contributed by atoms with Crippen molar-refractivity contribution in [2.45, 2.75) is 53.2 Å². The summed E-state index contributed by atoms with van der Waals surface area (Å²) in [5.74, 6) is 1.15. The Morgan fingerprint density at radius 3 is 2.34 bits per heavy atom. The molecule has 6 nitrogen and oxygen atoms in total. The van der Waals surface area contributed by atoms with Crippen molar-refractivity contribution in [2.24, 2.45) is 0 Å². The maximum Gasteiger partial charge on any atom is 0.275 e. The lowest BCUT2D eigenvalue weighted by molar-refractivity contribution is 0.0450. The van der Waals surface area contributed by atoms with E-state index in [1.54, 1.807) is 36.0 Å². The quantitative estimate of drug-likeness (QED) is 0.520. The van der Waals surface area contributed by atoms with Gasteiger partial charge in [-0.05, 0) is 72.1 Å². The number of aryl methyl sites for hydroxylation is 2. The minimum absolute atomic E-state index is 0.0812. The van der Waals surface area contributed by atoms with Crippen molar-refractivity contribution < 1.29 is 19.1 Å². The van der Waals surface area contributed by atoms with Gasteiger partial charge < -0.3 is 9.47 Å². The van der Waals surface area contributed by atoms with Crippen molar-refractivity contribution in [3.8, 4) is 11.5 Å². The molecule has 172 valence electrons. The van der Waals surface area contributed by atoms with Crippen LogP contribution < -0.4 is 14.9 Å². The van der Waals surface area contributed by atoms with Crippen molar-refractivity contribution in [3.63, 3.8) is 0 Å². The molecule has 0 aliphatic carbocycles. The predicted molar refractivity (Wildman–Crippen MR) is 129 cm³/mol. The maximum atomic E-state index is 13.7. The molecule has 1 aliphatic rings. The molecule has 1 unspecified atom stereocenters. The highest BCUT2D eigenvalue weighted by Gasteiger charge is 2.32. The van der Waals surface area contributed by atoms with E-state index >= 15 is 0 Å². The summed E-state index contributed by atoms with van der Waals surface area (Å²) >= 11 is 1.68. The number of fused-ring (bicyclic) bond motifs is 1. The number of imide groups is 1. The number of hydrazine groups is 1. The SMILES string of the molecule is CSCC1COc2ccc(C(=O)N(NC(C)(C)C)C(=O)c3cc(C)cc(C)c3)c(C)c2O1. The van der Waals surface area contributed by atoms with Crippen LogP contribution in [0.4, 0.5) is 0 Å². The van der Waals surface area contributed by atoms with Gasteiger partial charge in [0.15, 0.2) is 11.5 Å². The number of rotatable bonds is 5. The molecule has 0 aromatic heterocycles. The maximum absolute atomic E-state index is 13.7. The molecule has 32 heavy (non-hydrogen) atoms. The summed E-state index contributed by atoms with van der Waals surface area (Å²) in [5, 5.41) is 1.12. The van der Waals surface area contributed by atoms with Crippen LogP contribution in [0.2, 0.25) is 0 Å². The highest BCUT2D eigenvalue weighted by molar-refractivity contribution is 7.98. The summed E-state index contributed by atoms with van der Waals surface area (Å²) in [6.45, 7) is 11.9. The summed E-state index contributed by atoms with van der Waals surface area (Å²) in [6.07, 6.45) is 1.93. The van der Waals surface area contributed by atoms with Gasteiger partial charge >= 0.3 is 0 Å². The monoisotopic (exact) mass is 456 g/mol. The Bertz CT molecular complexity index is 1010. The number of carbonyl (C=O) groups is 2. The molecular weight excluding hydrogens is 424 g/mol. The minimum Gasteiger partial charge on any atom is -0.486 e. The average Bonchev–Trinajstić information content (AvgIpc) is 2.70. The van der Waals surface area contributed by atoms with Gasteiger partial charge in [-0.3, -0.25) is 9.59 Å². The van der Waals surface area contributed by atoms with E-state index in [4.69, 9.17) is 9.47 Å². The van der Waals surface area contributed by atoms with Crippen molar-refractivity contribution in [3.05, 3.63) is 58.1 Å².